The van der Waals surface area contributed by atoms with Crippen molar-refractivity contribution in [2.45, 2.75) is 26.9 Å². The van der Waals surface area contributed by atoms with Crippen LogP contribution in [0.4, 0.5) is 10.3 Å². The minimum absolute atomic E-state index is 0.0444. The molecule has 0 atom stereocenters. The number of benzene rings is 1. The fourth-order valence-corrected chi connectivity index (χ4v) is 2.03. The Morgan fingerprint density at radius 1 is 1.40 bits per heavy atom. The molecule has 0 spiro atoms. The molecule has 0 aliphatic carbocycles. The number of ether oxygens (including phenoxy) is 1. The van der Waals surface area contributed by atoms with E-state index in [4.69, 9.17) is 20.1 Å². The third-order valence-corrected chi connectivity index (χ3v) is 2.81. The van der Waals surface area contributed by atoms with E-state index in [2.05, 4.69) is 0 Å². The average molecular weight is 274 g/mol. The van der Waals surface area contributed by atoms with Crippen molar-refractivity contribution in [1.82, 2.24) is 0 Å². The highest BCUT2D eigenvalue weighted by molar-refractivity contribution is 5.77. The first kappa shape index (κ1) is 13.9. The second-order valence-corrected chi connectivity index (χ2v) is 4.70. The van der Waals surface area contributed by atoms with E-state index in [9.17, 15) is 4.39 Å². The molecular formula is C15H15FN2O2. The largest absolute Gasteiger partial charge is 0.488 e. The number of anilines is 1. The normalized spacial score (nSPS) is 10.6. The van der Waals surface area contributed by atoms with Gasteiger partial charge in [-0.3, -0.25) is 0 Å². The molecule has 1 aromatic carbocycles. The van der Waals surface area contributed by atoms with Gasteiger partial charge in [0.05, 0.1) is 6.10 Å². The van der Waals surface area contributed by atoms with Crippen molar-refractivity contribution in [3.8, 4) is 22.9 Å². The molecule has 104 valence electrons. The Hall–Kier alpha value is -2.48. The van der Waals surface area contributed by atoms with E-state index < -0.39 is 5.82 Å². The van der Waals surface area contributed by atoms with Crippen LogP contribution < -0.4 is 10.5 Å². The van der Waals surface area contributed by atoms with Crippen LogP contribution in [0.5, 0.6) is 5.75 Å². The Morgan fingerprint density at radius 2 is 2.10 bits per heavy atom. The van der Waals surface area contributed by atoms with E-state index in [1.54, 1.807) is 13.0 Å². The van der Waals surface area contributed by atoms with Gasteiger partial charge in [0.25, 0.3) is 0 Å². The van der Waals surface area contributed by atoms with Crippen LogP contribution in [0.15, 0.2) is 22.6 Å². The van der Waals surface area contributed by atoms with Crippen LogP contribution in [0.25, 0.3) is 11.1 Å². The molecular weight excluding hydrogens is 259 g/mol. The van der Waals surface area contributed by atoms with Gasteiger partial charge in [-0.2, -0.15) is 5.26 Å². The Kier molecular flexibility index (Phi) is 3.66. The first-order chi connectivity index (χ1) is 9.43. The van der Waals surface area contributed by atoms with Gasteiger partial charge in [-0.05, 0) is 38.5 Å². The number of hydrogen-bond donors (Lipinski definition) is 1. The molecule has 4 nitrogen and oxygen atoms in total. The lowest BCUT2D eigenvalue weighted by Gasteiger charge is -2.11. The molecule has 0 aliphatic heterocycles. The Bertz CT molecular complexity index is 684. The van der Waals surface area contributed by atoms with Crippen LogP contribution in [0.2, 0.25) is 0 Å². The van der Waals surface area contributed by atoms with Gasteiger partial charge < -0.3 is 14.9 Å². The maximum atomic E-state index is 14.0. The number of halogens is 1. The first-order valence-corrected chi connectivity index (χ1v) is 6.19. The third-order valence-electron chi connectivity index (χ3n) is 2.81. The molecule has 2 N–H and O–H groups in total. The third kappa shape index (κ3) is 2.45. The minimum Gasteiger partial charge on any atom is -0.488 e. The Labute approximate surface area is 116 Å². The molecule has 2 aromatic rings. The predicted octanol–water partition coefficient (Wildman–Crippen LogP) is 3.64. The molecule has 1 aromatic heterocycles. The van der Waals surface area contributed by atoms with Crippen molar-refractivity contribution >= 4 is 5.88 Å². The molecule has 0 saturated heterocycles. The van der Waals surface area contributed by atoms with Crippen LogP contribution in [0.1, 0.15) is 25.2 Å². The fourth-order valence-electron chi connectivity index (χ4n) is 2.03. The van der Waals surface area contributed by atoms with E-state index in [0.29, 0.717) is 16.9 Å². The zero-order chi connectivity index (χ0) is 14.9. The number of nitrogens with zero attached hydrogens (tertiary/aromatic N) is 1. The summed E-state index contributed by atoms with van der Waals surface area (Å²) >= 11 is 0. The summed E-state index contributed by atoms with van der Waals surface area (Å²) in [6.45, 7) is 5.33. The molecule has 0 radical (unpaired) electrons. The lowest BCUT2D eigenvalue weighted by molar-refractivity contribution is 0.231. The summed E-state index contributed by atoms with van der Waals surface area (Å²) in [7, 11) is 0. The molecule has 20 heavy (non-hydrogen) atoms. The van der Waals surface area contributed by atoms with Crippen LogP contribution >= 0.6 is 0 Å². The zero-order valence-electron chi connectivity index (χ0n) is 11.5. The van der Waals surface area contributed by atoms with Gasteiger partial charge in [-0.25, -0.2) is 4.39 Å². The molecule has 0 bridgehead atoms. The molecule has 0 aliphatic rings. The quantitative estimate of drug-likeness (QED) is 0.927. The first-order valence-electron chi connectivity index (χ1n) is 6.19. The number of rotatable bonds is 3. The Balaban J connectivity index is 2.50. The molecule has 5 heteroatoms. The summed E-state index contributed by atoms with van der Waals surface area (Å²) in [5.74, 6) is 0.217. The molecule has 2 rings (SSSR count). The summed E-state index contributed by atoms with van der Waals surface area (Å²) < 4.78 is 24.6. The summed E-state index contributed by atoms with van der Waals surface area (Å²) in [4.78, 5) is 0. The van der Waals surface area contributed by atoms with E-state index in [0.717, 1.165) is 0 Å². The van der Waals surface area contributed by atoms with Crippen molar-refractivity contribution in [2.75, 3.05) is 5.73 Å². The molecule has 0 fully saturated rings. The minimum atomic E-state index is -0.487. The van der Waals surface area contributed by atoms with Crippen LogP contribution in [-0.4, -0.2) is 6.10 Å². The summed E-state index contributed by atoms with van der Waals surface area (Å²) in [6.07, 6.45) is -0.115. The number of aryl methyl sites for hydroxylation is 1. The lowest BCUT2D eigenvalue weighted by atomic mass is 10.0. The van der Waals surface area contributed by atoms with Crippen molar-refractivity contribution in [1.29, 1.82) is 5.26 Å². The van der Waals surface area contributed by atoms with Crippen molar-refractivity contribution in [3.63, 3.8) is 0 Å². The van der Waals surface area contributed by atoms with E-state index >= 15 is 0 Å². The molecule has 1 heterocycles. The number of nitriles is 1. The number of nitrogen functional groups attached to an aromatic ring is 1. The molecule has 0 saturated carbocycles. The van der Waals surface area contributed by atoms with E-state index in [1.807, 2.05) is 19.9 Å². The highest BCUT2D eigenvalue weighted by atomic mass is 19.1. The van der Waals surface area contributed by atoms with Crippen LogP contribution in [-0.2, 0) is 0 Å². The van der Waals surface area contributed by atoms with E-state index in [1.165, 1.54) is 12.1 Å². The SMILES string of the molecule is Cc1oc(N)c(C#N)c1-c1ccc(OC(C)C)c(F)c1. The second kappa shape index (κ2) is 5.25. The van der Waals surface area contributed by atoms with Gasteiger partial charge in [-0.1, -0.05) is 6.07 Å². The van der Waals surface area contributed by atoms with Crippen molar-refractivity contribution < 1.29 is 13.5 Å². The van der Waals surface area contributed by atoms with Gasteiger partial charge in [0, 0.05) is 5.56 Å². The molecule has 0 amide bonds. The predicted molar refractivity (Wildman–Crippen MR) is 73.7 cm³/mol. The van der Waals surface area contributed by atoms with E-state index in [-0.39, 0.29) is 23.3 Å². The zero-order valence-corrected chi connectivity index (χ0v) is 11.5. The van der Waals surface area contributed by atoms with Crippen molar-refractivity contribution in [2.24, 2.45) is 0 Å². The highest BCUT2D eigenvalue weighted by Gasteiger charge is 2.18. The lowest BCUT2D eigenvalue weighted by Crippen LogP contribution is -2.06. The summed E-state index contributed by atoms with van der Waals surface area (Å²) in [5, 5.41) is 9.11. The maximum Gasteiger partial charge on any atom is 0.209 e. The number of hydrogen-bond acceptors (Lipinski definition) is 4. The van der Waals surface area contributed by atoms with Gasteiger partial charge >= 0.3 is 0 Å². The van der Waals surface area contributed by atoms with Crippen LogP contribution in [0.3, 0.4) is 0 Å². The number of furan rings is 1. The highest BCUT2D eigenvalue weighted by Crippen LogP contribution is 2.35. The smallest absolute Gasteiger partial charge is 0.209 e. The van der Waals surface area contributed by atoms with Crippen LogP contribution in [0, 0.1) is 24.1 Å². The second-order valence-electron chi connectivity index (χ2n) is 4.70. The average Bonchev–Trinajstić information content (AvgIpc) is 2.65. The Morgan fingerprint density at radius 3 is 2.65 bits per heavy atom. The summed E-state index contributed by atoms with van der Waals surface area (Å²) in [5.41, 5.74) is 6.89. The van der Waals surface area contributed by atoms with Gasteiger partial charge in [0.15, 0.2) is 11.6 Å². The number of nitrogens with two attached hydrogens (primary N) is 1. The van der Waals surface area contributed by atoms with Gasteiger partial charge in [0.2, 0.25) is 5.88 Å². The maximum absolute atomic E-state index is 14.0. The van der Waals surface area contributed by atoms with Gasteiger partial charge in [-0.15, -0.1) is 0 Å². The topological polar surface area (TPSA) is 72.2 Å². The van der Waals surface area contributed by atoms with Crippen molar-refractivity contribution in [3.05, 3.63) is 35.3 Å². The summed E-state index contributed by atoms with van der Waals surface area (Å²) in [6, 6.07) is 6.51. The monoisotopic (exact) mass is 274 g/mol. The molecule has 0 unspecified atom stereocenters. The standard InChI is InChI=1S/C15H15FN2O2/c1-8(2)19-13-5-4-10(6-12(13)16)14-9(3)20-15(18)11(14)7-17/h4-6,8H,18H2,1-3H3. The fraction of sp³-hybridized carbons (Fsp3) is 0.267. The van der Waals surface area contributed by atoms with Gasteiger partial charge in [0.1, 0.15) is 17.4 Å².